The van der Waals surface area contributed by atoms with Crippen LogP contribution in [-0.4, -0.2) is 35.0 Å². The van der Waals surface area contributed by atoms with Crippen LogP contribution in [0.3, 0.4) is 0 Å². The molecule has 1 aliphatic heterocycles. The molecule has 0 aromatic heterocycles. The van der Waals surface area contributed by atoms with Crippen LogP contribution in [0.1, 0.15) is 13.3 Å². The molecule has 0 radical (unpaired) electrons. The topological polar surface area (TPSA) is 116 Å². The Hall–Kier alpha value is -2.90. The Balaban J connectivity index is 2.25. The van der Waals surface area contributed by atoms with Crippen molar-refractivity contribution in [1.29, 1.82) is 0 Å². The molecule has 1 atom stereocenters. The Morgan fingerprint density at radius 3 is 2.71 bits per heavy atom. The zero-order valence-corrected chi connectivity index (χ0v) is 11.1. The van der Waals surface area contributed by atoms with E-state index in [-0.39, 0.29) is 11.6 Å². The number of carboxylic acid groups (broad SMARTS) is 1. The van der Waals surface area contributed by atoms with Crippen LogP contribution in [0.15, 0.2) is 24.3 Å². The number of hydrogen-bond donors (Lipinski definition) is 3. The van der Waals surface area contributed by atoms with Crippen molar-refractivity contribution in [2.45, 2.75) is 19.4 Å². The van der Waals surface area contributed by atoms with E-state index in [2.05, 4.69) is 10.6 Å². The van der Waals surface area contributed by atoms with Crippen LogP contribution in [0.5, 0.6) is 0 Å². The summed E-state index contributed by atoms with van der Waals surface area (Å²) >= 11 is 0. The van der Waals surface area contributed by atoms with Crippen molar-refractivity contribution in [2.24, 2.45) is 0 Å². The zero-order chi connectivity index (χ0) is 15.6. The number of imide groups is 1. The monoisotopic (exact) mass is 291 g/mol. The SMILES string of the molecule is CC(=O)Nc1cccc(N2C(=O)N[C@H](CC(=O)O)C2=O)c1. The van der Waals surface area contributed by atoms with Crippen molar-refractivity contribution in [2.75, 3.05) is 10.2 Å². The first kappa shape index (κ1) is 14.5. The minimum Gasteiger partial charge on any atom is -0.481 e. The van der Waals surface area contributed by atoms with Gasteiger partial charge in [0, 0.05) is 12.6 Å². The third kappa shape index (κ3) is 3.16. The van der Waals surface area contributed by atoms with Crippen LogP contribution in [0.25, 0.3) is 0 Å². The number of anilines is 2. The molecule has 1 aliphatic rings. The molecule has 1 aromatic rings. The number of urea groups is 1. The first-order valence-electron chi connectivity index (χ1n) is 6.12. The molecule has 3 N–H and O–H groups in total. The highest BCUT2D eigenvalue weighted by Gasteiger charge is 2.40. The second-order valence-electron chi connectivity index (χ2n) is 4.51. The summed E-state index contributed by atoms with van der Waals surface area (Å²) in [5.74, 6) is -2.10. The third-order valence-electron chi connectivity index (χ3n) is 2.82. The van der Waals surface area contributed by atoms with E-state index >= 15 is 0 Å². The lowest BCUT2D eigenvalue weighted by molar-refractivity contribution is -0.139. The number of aliphatic carboxylic acids is 1. The molecule has 1 heterocycles. The standard InChI is InChI=1S/C13H13N3O5/c1-7(17)14-8-3-2-4-9(5-8)16-12(20)10(6-11(18)19)15-13(16)21/h2-5,10H,6H2,1H3,(H,14,17)(H,15,21)(H,18,19)/t10-/m1/s1. The van der Waals surface area contributed by atoms with Gasteiger partial charge in [-0.15, -0.1) is 0 Å². The molecule has 0 unspecified atom stereocenters. The van der Waals surface area contributed by atoms with E-state index in [1.54, 1.807) is 12.1 Å². The summed E-state index contributed by atoms with van der Waals surface area (Å²) in [6.45, 7) is 1.34. The number of carbonyl (C=O) groups is 4. The highest BCUT2D eigenvalue weighted by Crippen LogP contribution is 2.23. The Kier molecular flexibility index (Phi) is 3.88. The van der Waals surface area contributed by atoms with Gasteiger partial charge in [-0.25, -0.2) is 9.69 Å². The summed E-state index contributed by atoms with van der Waals surface area (Å²) in [5, 5.41) is 13.6. The maximum absolute atomic E-state index is 12.1. The fourth-order valence-corrected chi connectivity index (χ4v) is 2.01. The maximum atomic E-state index is 12.1. The predicted octanol–water partition coefficient (Wildman–Crippen LogP) is 0.544. The smallest absolute Gasteiger partial charge is 0.329 e. The summed E-state index contributed by atoms with van der Waals surface area (Å²) in [7, 11) is 0. The highest BCUT2D eigenvalue weighted by molar-refractivity contribution is 6.22. The number of nitrogens with one attached hydrogen (secondary N) is 2. The van der Waals surface area contributed by atoms with Gasteiger partial charge in [0.1, 0.15) is 6.04 Å². The lowest BCUT2D eigenvalue weighted by Gasteiger charge is -2.14. The fourth-order valence-electron chi connectivity index (χ4n) is 2.01. The molecular weight excluding hydrogens is 278 g/mol. The molecule has 110 valence electrons. The van der Waals surface area contributed by atoms with Gasteiger partial charge in [-0.2, -0.15) is 0 Å². The van der Waals surface area contributed by atoms with Crippen LogP contribution in [0.2, 0.25) is 0 Å². The van der Waals surface area contributed by atoms with E-state index in [4.69, 9.17) is 5.11 Å². The second-order valence-corrected chi connectivity index (χ2v) is 4.51. The minimum atomic E-state index is -1.18. The van der Waals surface area contributed by atoms with Crippen molar-refractivity contribution in [1.82, 2.24) is 5.32 Å². The average Bonchev–Trinajstić information content (AvgIpc) is 2.63. The van der Waals surface area contributed by atoms with Gasteiger partial charge in [0.2, 0.25) is 5.91 Å². The van der Waals surface area contributed by atoms with E-state index in [0.29, 0.717) is 5.69 Å². The third-order valence-corrected chi connectivity index (χ3v) is 2.82. The summed E-state index contributed by atoms with van der Waals surface area (Å²) < 4.78 is 0. The number of carbonyl (C=O) groups excluding carboxylic acids is 3. The molecular formula is C13H13N3O5. The van der Waals surface area contributed by atoms with E-state index in [1.165, 1.54) is 19.1 Å². The quantitative estimate of drug-likeness (QED) is 0.700. The number of carboxylic acids is 1. The summed E-state index contributed by atoms with van der Waals surface area (Å²) in [4.78, 5) is 46.4. The van der Waals surface area contributed by atoms with Crippen molar-refractivity contribution >= 4 is 35.2 Å². The molecule has 2 rings (SSSR count). The first-order valence-corrected chi connectivity index (χ1v) is 6.12. The van der Waals surface area contributed by atoms with E-state index in [1.807, 2.05) is 0 Å². The second kappa shape index (κ2) is 5.61. The van der Waals surface area contributed by atoms with Gasteiger partial charge >= 0.3 is 12.0 Å². The molecule has 1 aromatic carbocycles. The van der Waals surface area contributed by atoms with Crippen LogP contribution in [0, 0.1) is 0 Å². The van der Waals surface area contributed by atoms with Crippen LogP contribution >= 0.6 is 0 Å². The van der Waals surface area contributed by atoms with Crippen molar-refractivity contribution in [3.8, 4) is 0 Å². The van der Waals surface area contributed by atoms with Crippen molar-refractivity contribution < 1.29 is 24.3 Å². The van der Waals surface area contributed by atoms with Crippen LogP contribution < -0.4 is 15.5 Å². The normalized spacial score (nSPS) is 17.6. The minimum absolute atomic E-state index is 0.261. The largest absolute Gasteiger partial charge is 0.481 e. The Morgan fingerprint density at radius 1 is 1.38 bits per heavy atom. The number of rotatable bonds is 4. The Morgan fingerprint density at radius 2 is 2.10 bits per heavy atom. The van der Waals surface area contributed by atoms with Gasteiger partial charge in [0.05, 0.1) is 12.1 Å². The predicted molar refractivity (Wildman–Crippen MR) is 72.8 cm³/mol. The Labute approximate surface area is 119 Å². The van der Waals surface area contributed by atoms with Crippen molar-refractivity contribution in [3.05, 3.63) is 24.3 Å². The molecule has 0 saturated carbocycles. The highest BCUT2D eigenvalue weighted by atomic mass is 16.4. The molecule has 1 fully saturated rings. The number of amides is 4. The van der Waals surface area contributed by atoms with E-state index < -0.39 is 30.4 Å². The van der Waals surface area contributed by atoms with Gasteiger partial charge in [-0.3, -0.25) is 14.4 Å². The molecule has 4 amide bonds. The van der Waals surface area contributed by atoms with Gasteiger partial charge in [-0.1, -0.05) is 6.07 Å². The molecule has 8 heteroatoms. The average molecular weight is 291 g/mol. The molecule has 0 aliphatic carbocycles. The zero-order valence-electron chi connectivity index (χ0n) is 11.1. The van der Waals surface area contributed by atoms with Gasteiger partial charge in [0.15, 0.2) is 0 Å². The lowest BCUT2D eigenvalue weighted by Crippen LogP contribution is -2.32. The number of nitrogens with zero attached hydrogens (tertiary/aromatic N) is 1. The Bertz CT molecular complexity index is 628. The van der Waals surface area contributed by atoms with Gasteiger partial charge in [0.25, 0.3) is 5.91 Å². The van der Waals surface area contributed by atoms with Crippen LogP contribution in [0.4, 0.5) is 16.2 Å². The molecule has 1 saturated heterocycles. The van der Waals surface area contributed by atoms with Crippen molar-refractivity contribution in [3.63, 3.8) is 0 Å². The van der Waals surface area contributed by atoms with E-state index in [0.717, 1.165) is 4.90 Å². The van der Waals surface area contributed by atoms with Gasteiger partial charge in [-0.05, 0) is 18.2 Å². The summed E-state index contributed by atoms with van der Waals surface area (Å²) in [6.07, 6.45) is -0.480. The molecule has 21 heavy (non-hydrogen) atoms. The molecule has 0 bridgehead atoms. The fraction of sp³-hybridized carbons (Fsp3) is 0.231. The molecule has 8 nitrogen and oxygen atoms in total. The summed E-state index contributed by atoms with van der Waals surface area (Å²) in [5.41, 5.74) is 0.693. The molecule has 0 spiro atoms. The number of hydrogen-bond acceptors (Lipinski definition) is 4. The number of benzene rings is 1. The first-order chi connectivity index (χ1) is 9.88. The summed E-state index contributed by atoms with van der Waals surface area (Å²) in [6, 6.07) is 4.39. The van der Waals surface area contributed by atoms with Crippen LogP contribution in [-0.2, 0) is 14.4 Å². The van der Waals surface area contributed by atoms with Gasteiger partial charge < -0.3 is 15.7 Å². The van der Waals surface area contributed by atoms with E-state index in [9.17, 15) is 19.2 Å². The maximum Gasteiger partial charge on any atom is 0.329 e. The lowest BCUT2D eigenvalue weighted by atomic mass is 10.2.